The third-order valence-corrected chi connectivity index (χ3v) is 16.9. The Hall–Kier alpha value is -4.26. The maximum absolute atomic E-state index is 15.0. The molecule has 1 aromatic carbocycles. The van der Waals surface area contributed by atoms with Crippen molar-refractivity contribution in [2.24, 2.45) is 46.3 Å². The molecule has 10 atom stereocenters. The molecule has 2 aliphatic heterocycles. The molecule has 0 spiro atoms. The Labute approximate surface area is 349 Å². The molecule has 16 heteroatoms. The van der Waals surface area contributed by atoms with Crippen LogP contribution in [0.5, 0.6) is 5.88 Å². The van der Waals surface area contributed by atoms with Crippen LogP contribution >= 0.6 is 0 Å². The van der Waals surface area contributed by atoms with Crippen molar-refractivity contribution in [3.05, 3.63) is 29.5 Å². The lowest BCUT2D eigenvalue weighted by molar-refractivity contribution is -0.158. The summed E-state index contributed by atoms with van der Waals surface area (Å²) in [6, 6.07) is 5.84. The number of fused-ring (bicyclic) bond motifs is 7. The number of carbonyl (C=O) groups is 4. The minimum Gasteiger partial charge on any atom is -0.471 e. The molecule has 2 bridgehead atoms. The van der Waals surface area contributed by atoms with Crippen LogP contribution in [0.4, 0.5) is 8.78 Å². The number of nitrogens with zero attached hydrogens (tertiary/aromatic N) is 4. The highest BCUT2D eigenvalue weighted by Crippen LogP contribution is 2.60. The first-order chi connectivity index (χ1) is 28.2. The van der Waals surface area contributed by atoms with Gasteiger partial charge in [-0.3, -0.25) is 23.9 Å². The zero-order valence-electron chi connectivity index (χ0n) is 34.9. The second-order valence-corrected chi connectivity index (χ2v) is 22.1. The number of nitriles is 1. The Morgan fingerprint density at radius 2 is 1.80 bits per heavy atom. The molecule has 6 aliphatic rings. The third-order valence-electron chi connectivity index (χ3n) is 14.7. The van der Waals surface area contributed by atoms with Crippen LogP contribution < -0.4 is 9.46 Å². The lowest BCUT2D eigenvalue weighted by Gasteiger charge is -2.35. The summed E-state index contributed by atoms with van der Waals surface area (Å²) in [7, 11) is -4.21. The van der Waals surface area contributed by atoms with Crippen molar-refractivity contribution in [2.75, 3.05) is 6.54 Å². The molecule has 4 saturated carbocycles. The van der Waals surface area contributed by atoms with Gasteiger partial charge in [-0.15, -0.1) is 0 Å². The van der Waals surface area contributed by atoms with E-state index in [9.17, 15) is 41.6 Å². The summed E-state index contributed by atoms with van der Waals surface area (Å²) in [5, 5.41) is 9.61. The number of ether oxygens (including phenoxy) is 2. The van der Waals surface area contributed by atoms with Gasteiger partial charge in [0, 0.05) is 18.3 Å². The first kappa shape index (κ1) is 42.4. The summed E-state index contributed by atoms with van der Waals surface area (Å²) >= 11 is 0. The number of nitrogens with one attached hydrogen (secondary N) is 1. The summed E-state index contributed by atoms with van der Waals surface area (Å²) in [6.07, 6.45) is 1.11. The number of hydrogen-bond donors (Lipinski definition) is 1. The number of ketones is 1. The summed E-state index contributed by atoms with van der Waals surface area (Å²) in [4.78, 5) is 68.4. The monoisotopic (exact) mass is 851 g/mol. The van der Waals surface area contributed by atoms with Crippen LogP contribution in [0, 0.1) is 57.7 Å². The topological polar surface area (TPSA) is 186 Å². The molecule has 3 heterocycles. The van der Waals surface area contributed by atoms with Gasteiger partial charge in [0.2, 0.25) is 34.1 Å². The van der Waals surface area contributed by atoms with Crippen molar-refractivity contribution in [1.82, 2.24) is 19.6 Å². The van der Waals surface area contributed by atoms with Crippen LogP contribution in [0.25, 0.3) is 11.0 Å². The molecule has 2 amide bonds. The number of aromatic nitrogens is 2. The lowest BCUT2D eigenvalue weighted by Crippen LogP contribution is -2.50. The van der Waals surface area contributed by atoms with Gasteiger partial charge in [0.05, 0.1) is 57.8 Å². The molecular formula is C44H55F2N5O8S. The SMILES string of the molecule is C[C@@H]1[C@@H]2CN(C(=O)[C@H](C(C)(C)C)CC(=O)O[C@@H]3C[C@@H]4C[C@@H]4[C@H]3CCCCCc3nc4ccc(C#N)cc4nc3O2)[C@@H]1C(=O)CC1(C(=O)NS(=O)(=O)C2(C)CC2)C[C@H]1C(F)F. The molecule has 4 aliphatic carbocycles. The van der Waals surface area contributed by atoms with E-state index in [0.717, 1.165) is 38.5 Å². The first-order valence-corrected chi connectivity index (χ1v) is 23.0. The van der Waals surface area contributed by atoms with Crippen molar-refractivity contribution in [3.8, 4) is 11.9 Å². The summed E-state index contributed by atoms with van der Waals surface area (Å²) in [6.45, 7) is 8.54. The van der Waals surface area contributed by atoms with Gasteiger partial charge in [0.25, 0.3) is 0 Å². The fourth-order valence-corrected chi connectivity index (χ4v) is 11.6. The van der Waals surface area contributed by atoms with E-state index in [0.29, 0.717) is 53.4 Å². The molecule has 0 radical (unpaired) electrons. The number of aryl methyl sites for hydroxylation is 1. The van der Waals surface area contributed by atoms with Gasteiger partial charge < -0.3 is 14.4 Å². The number of Topliss-reactive ketones (excluding diaryl/α,β-unsaturated/α-hetero) is 1. The number of hydrogen-bond acceptors (Lipinski definition) is 11. The number of benzene rings is 1. The number of amides is 2. The average molecular weight is 852 g/mol. The number of carbonyl (C=O) groups excluding carboxylic acids is 4. The number of esters is 1. The van der Waals surface area contributed by atoms with Gasteiger partial charge in [-0.25, -0.2) is 27.2 Å². The molecule has 2 aromatic rings. The Morgan fingerprint density at radius 3 is 2.47 bits per heavy atom. The molecule has 5 fully saturated rings. The second-order valence-electron chi connectivity index (χ2n) is 19.9. The van der Waals surface area contributed by atoms with Gasteiger partial charge in [0.1, 0.15) is 17.9 Å². The Balaban J connectivity index is 1.15. The van der Waals surface area contributed by atoms with E-state index in [1.807, 2.05) is 25.5 Å². The molecule has 324 valence electrons. The highest BCUT2D eigenvalue weighted by atomic mass is 32.2. The Bertz CT molecular complexity index is 2260. The summed E-state index contributed by atoms with van der Waals surface area (Å²) in [5.74, 6) is -4.63. The molecule has 60 heavy (non-hydrogen) atoms. The van der Waals surface area contributed by atoms with Gasteiger partial charge in [-0.1, -0.05) is 40.5 Å². The minimum atomic E-state index is -4.21. The predicted octanol–water partition coefficient (Wildman–Crippen LogP) is 6.06. The normalized spacial score (nSPS) is 33.9. The van der Waals surface area contributed by atoms with Crippen LogP contribution in [0.3, 0.4) is 0 Å². The highest BCUT2D eigenvalue weighted by Gasteiger charge is 2.67. The van der Waals surface area contributed by atoms with Crippen molar-refractivity contribution in [1.29, 1.82) is 5.26 Å². The fraction of sp³-hybridized carbons (Fsp3) is 0.705. The predicted molar refractivity (Wildman–Crippen MR) is 214 cm³/mol. The quantitative estimate of drug-likeness (QED) is 0.319. The van der Waals surface area contributed by atoms with Crippen molar-refractivity contribution in [2.45, 2.75) is 141 Å². The van der Waals surface area contributed by atoms with Gasteiger partial charge in [-0.05, 0) is 99.7 Å². The van der Waals surface area contributed by atoms with Crippen LogP contribution in [0.15, 0.2) is 18.2 Å². The third kappa shape index (κ3) is 7.88. The van der Waals surface area contributed by atoms with E-state index in [2.05, 4.69) is 6.07 Å². The zero-order valence-corrected chi connectivity index (χ0v) is 35.7. The molecule has 1 aromatic heterocycles. The maximum atomic E-state index is 15.0. The van der Waals surface area contributed by atoms with Crippen LogP contribution in [0.2, 0.25) is 0 Å². The van der Waals surface area contributed by atoms with Gasteiger partial charge >= 0.3 is 5.97 Å². The van der Waals surface area contributed by atoms with E-state index in [1.165, 1.54) is 11.8 Å². The van der Waals surface area contributed by atoms with Gasteiger partial charge in [-0.2, -0.15) is 5.26 Å². The molecule has 1 saturated heterocycles. The van der Waals surface area contributed by atoms with E-state index in [1.54, 1.807) is 25.1 Å². The van der Waals surface area contributed by atoms with Crippen LogP contribution in [-0.4, -0.2) is 82.8 Å². The minimum absolute atomic E-state index is 0.131. The van der Waals surface area contributed by atoms with Crippen molar-refractivity contribution < 1.29 is 45.9 Å². The van der Waals surface area contributed by atoms with Crippen LogP contribution in [0.1, 0.15) is 117 Å². The van der Waals surface area contributed by atoms with Crippen LogP contribution in [-0.2, 0) is 40.4 Å². The Morgan fingerprint density at radius 1 is 1.05 bits per heavy atom. The fourth-order valence-electron chi connectivity index (χ4n) is 10.3. The molecular weight excluding hydrogens is 797 g/mol. The summed E-state index contributed by atoms with van der Waals surface area (Å²) in [5.41, 5.74) is -0.827. The van der Waals surface area contributed by atoms with Gasteiger partial charge in [0.15, 0.2) is 5.78 Å². The number of rotatable bonds is 7. The van der Waals surface area contributed by atoms with E-state index >= 15 is 0 Å². The molecule has 13 nitrogen and oxygen atoms in total. The van der Waals surface area contributed by atoms with E-state index in [4.69, 9.17) is 19.4 Å². The zero-order chi connectivity index (χ0) is 43.1. The number of halogens is 2. The lowest BCUT2D eigenvalue weighted by atomic mass is 9.77. The average Bonchev–Trinajstić information content (AvgIpc) is 4.13. The van der Waals surface area contributed by atoms with Crippen molar-refractivity contribution in [3.63, 3.8) is 0 Å². The largest absolute Gasteiger partial charge is 0.471 e. The second kappa shape index (κ2) is 15.3. The molecule has 1 unspecified atom stereocenters. The standard InChI is InChI=1S/C44H55F2N5O8S/c1-23-35-22-51(37(23)33(52)20-44(19-29(44)38(45)46)41(55)50-60(56,57)43(5)13-14-43)40(54)28(42(2,3)4)18-36(53)58-34-17-25-16-27(25)26(34)9-7-6-8-10-31-39(59-35)49-32-15-24(21-47)11-12-30(32)48-31/h11-12,15,23,25-29,34-35,37-38H,6-10,13-14,16-20,22H2,1-5H3,(H,50,55)/t23-,25+,26-,27+,28-,29+,34-,35+,37+,44?/m1/s1. The van der Waals surface area contributed by atoms with Crippen molar-refractivity contribution >= 4 is 44.6 Å². The van der Waals surface area contributed by atoms with E-state index < -0.39 is 98.3 Å². The molecule has 1 N–H and O–H groups in total. The first-order valence-electron chi connectivity index (χ1n) is 21.5. The maximum Gasteiger partial charge on any atom is 0.306 e. The summed E-state index contributed by atoms with van der Waals surface area (Å²) < 4.78 is 68.7. The van der Waals surface area contributed by atoms with E-state index in [-0.39, 0.29) is 30.9 Å². The smallest absolute Gasteiger partial charge is 0.306 e. The number of sulfonamides is 1. The molecule has 8 rings (SSSR count). The Kier molecular flexibility index (Phi) is 10.8. The number of alkyl halides is 2. The highest BCUT2D eigenvalue weighted by molar-refractivity contribution is 7.91.